The molecule has 1 aliphatic rings. The molecule has 0 aliphatic carbocycles. The summed E-state index contributed by atoms with van der Waals surface area (Å²) < 4.78 is 13.5. The Kier molecular flexibility index (Phi) is 3.98. The maximum absolute atomic E-state index is 13.5. The number of piperidine rings is 1. The minimum Gasteiger partial charge on any atom is -0.328 e. The molecule has 0 bridgehead atoms. The van der Waals surface area contributed by atoms with Gasteiger partial charge in [0.25, 0.3) is 5.91 Å². The summed E-state index contributed by atoms with van der Waals surface area (Å²) >= 11 is 5.81. The first kappa shape index (κ1) is 14.8. The van der Waals surface area contributed by atoms with Crippen LogP contribution in [0.1, 0.15) is 41.5 Å². The number of rotatable bonds is 2. The quantitative estimate of drug-likeness (QED) is 0.889. The zero-order valence-electron chi connectivity index (χ0n) is 11.6. The van der Waals surface area contributed by atoms with Crippen LogP contribution in [0.15, 0.2) is 23.0 Å². The van der Waals surface area contributed by atoms with E-state index in [0.717, 1.165) is 25.0 Å². The van der Waals surface area contributed by atoms with Crippen molar-refractivity contribution in [1.82, 2.24) is 20.1 Å². The average molecular weight is 325 g/mol. The van der Waals surface area contributed by atoms with Gasteiger partial charge in [0.1, 0.15) is 5.82 Å². The maximum Gasteiger partial charge on any atom is 0.340 e. The Bertz CT molecular complexity index is 737. The number of aromatic nitrogens is 3. The van der Waals surface area contributed by atoms with Gasteiger partial charge in [0, 0.05) is 17.1 Å². The molecule has 2 aromatic rings. The molecule has 8 heteroatoms. The molecule has 1 aromatic heterocycles. The molecule has 0 saturated carbocycles. The lowest BCUT2D eigenvalue weighted by Crippen LogP contribution is -2.39. The van der Waals surface area contributed by atoms with E-state index in [2.05, 4.69) is 15.2 Å². The number of likely N-dealkylation sites (tertiary alicyclic amines) is 1. The number of hydrogen-bond acceptors (Lipinski definition) is 3. The van der Waals surface area contributed by atoms with Gasteiger partial charge in [-0.2, -0.15) is 5.10 Å². The highest BCUT2D eigenvalue weighted by Gasteiger charge is 2.31. The number of nitrogens with zero attached hydrogens (tertiary/aromatic N) is 2. The Morgan fingerprint density at radius 1 is 1.36 bits per heavy atom. The van der Waals surface area contributed by atoms with Gasteiger partial charge in [-0.25, -0.2) is 14.3 Å². The Morgan fingerprint density at radius 3 is 2.86 bits per heavy atom. The molecule has 1 fully saturated rings. The summed E-state index contributed by atoms with van der Waals surface area (Å²) in [5, 5.41) is 6.39. The van der Waals surface area contributed by atoms with Gasteiger partial charge in [0.2, 0.25) is 0 Å². The van der Waals surface area contributed by atoms with Crippen molar-refractivity contribution in [2.75, 3.05) is 6.54 Å². The second kappa shape index (κ2) is 5.92. The van der Waals surface area contributed by atoms with Crippen molar-refractivity contribution in [2.45, 2.75) is 25.3 Å². The molecule has 6 nitrogen and oxygen atoms in total. The lowest BCUT2D eigenvalue weighted by atomic mass is 10.00. The average Bonchev–Trinajstić information content (AvgIpc) is 2.92. The van der Waals surface area contributed by atoms with Crippen molar-refractivity contribution < 1.29 is 9.18 Å². The van der Waals surface area contributed by atoms with Gasteiger partial charge in [-0.05, 0) is 37.5 Å². The summed E-state index contributed by atoms with van der Waals surface area (Å²) in [5.74, 6) is -0.465. The summed E-state index contributed by atoms with van der Waals surface area (Å²) in [4.78, 5) is 28.1. The van der Waals surface area contributed by atoms with Gasteiger partial charge in [-0.15, -0.1) is 0 Å². The highest BCUT2D eigenvalue weighted by atomic mass is 35.5. The van der Waals surface area contributed by atoms with Crippen LogP contribution in [0.5, 0.6) is 0 Å². The molecular formula is C14H14ClFN4O2. The molecule has 0 spiro atoms. The Balaban J connectivity index is 1.93. The van der Waals surface area contributed by atoms with E-state index in [1.807, 2.05) is 0 Å². The third kappa shape index (κ3) is 2.89. The van der Waals surface area contributed by atoms with Crippen LogP contribution in [0.4, 0.5) is 4.39 Å². The topological polar surface area (TPSA) is 81.8 Å². The highest BCUT2D eigenvalue weighted by molar-refractivity contribution is 6.31. The van der Waals surface area contributed by atoms with Gasteiger partial charge in [0.05, 0.1) is 6.04 Å². The number of aromatic amines is 2. The molecule has 1 aromatic carbocycles. The van der Waals surface area contributed by atoms with Crippen LogP contribution in [0, 0.1) is 5.82 Å². The number of hydrogen-bond donors (Lipinski definition) is 2. The van der Waals surface area contributed by atoms with Gasteiger partial charge in [-0.1, -0.05) is 11.6 Å². The minimum atomic E-state index is -0.558. The van der Waals surface area contributed by atoms with E-state index < -0.39 is 11.5 Å². The molecule has 1 atom stereocenters. The summed E-state index contributed by atoms with van der Waals surface area (Å²) in [5.41, 5.74) is -0.225. The number of benzene rings is 1. The van der Waals surface area contributed by atoms with Crippen LogP contribution in [-0.4, -0.2) is 32.5 Å². The summed E-state index contributed by atoms with van der Waals surface area (Å²) in [6, 6.07) is 3.42. The molecule has 3 rings (SSSR count). The monoisotopic (exact) mass is 324 g/mol. The number of H-pyrrole nitrogens is 2. The summed E-state index contributed by atoms with van der Waals surface area (Å²) in [6.45, 7) is 0.520. The largest absolute Gasteiger partial charge is 0.340 e. The van der Waals surface area contributed by atoms with E-state index in [9.17, 15) is 14.0 Å². The van der Waals surface area contributed by atoms with E-state index in [0.29, 0.717) is 18.8 Å². The second-order valence-electron chi connectivity index (χ2n) is 5.23. The zero-order chi connectivity index (χ0) is 15.7. The standard InChI is InChI=1S/C14H14ClFN4O2/c15-9-5-8(6-10(16)7-9)13(21)20-4-2-1-3-11(20)12-17-14(22)19-18-12/h5-7,11H,1-4H2,(H2,17,18,19,22)/t11-/m1/s1. The lowest BCUT2D eigenvalue weighted by Gasteiger charge is -2.34. The summed E-state index contributed by atoms with van der Waals surface area (Å²) in [7, 11) is 0. The molecule has 1 aliphatic heterocycles. The fourth-order valence-corrected chi connectivity index (χ4v) is 2.96. The first-order valence-corrected chi connectivity index (χ1v) is 7.34. The van der Waals surface area contributed by atoms with Gasteiger partial charge < -0.3 is 4.90 Å². The van der Waals surface area contributed by atoms with Crippen LogP contribution in [0.25, 0.3) is 0 Å². The number of carbonyl (C=O) groups excluding carboxylic acids is 1. The Labute approximate surface area is 130 Å². The molecule has 0 unspecified atom stereocenters. The molecule has 0 radical (unpaired) electrons. The fraction of sp³-hybridized carbons (Fsp3) is 0.357. The van der Waals surface area contributed by atoms with Crippen molar-refractivity contribution in [1.29, 1.82) is 0 Å². The molecule has 1 amide bonds. The molecule has 2 heterocycles. The van der Waals surface area contributed by atoms with Crippen LogP contribution in [-0.2, 0) is 0 Å². The Morgan fingerprint density at radius 2 is 2.18 bits per heavy atom. The molecule has 1 saturated heterocycles. The van der Waals surface area contributed by atoms with Gasteiger partial charge in [0.15, 0.2) is 5.82 Å². The van der Waals surface area contributed by atoms with Crippen LogP contribution in [0.2, 0.25) is 5.02 Å². The van der Waals surface area contributed by atoms with E-state index in [-0.39, 0.29) is 22.5 Å². The molecule has 116 valence electrons. The fourth-order valence-electron chi connectivity index (χ4n) is 2.74. The smallest absolute Gasteiger partial charge is 0.328 e. The van der Waals surface area contributed by atoms with Crippen molar-refractivity contribution in [3.05, 3.63) is 50.9 Å². The predicted octanol–water partition coefficient (Wildman–Crippen LogP) is 2.26. The third-order valence-electron chi connectivity index (χ3n) is 3.71. The van der Waals surface area contributed by atoms with E-state index >= 15 is 0 Å². The SMILES string of the molecule is O=C(c1cc(F)cc(Cl)c1)N1CCCC[C@@H]1c1n[nH]c(=O)[nH]1. The van der Waals surface area contributed by atoms with Crippen LogP contribution < -0.4 is 5.69 Å². The van der Waals surface area contributed by atoms with E-state index in [4.69, 9.17) is 11.6 Å². The Hall–Kier alpha value is -2.15. The first-order chi connectivity index (χ1) is 10.5. The van der Waals surface area contributed by atoms with Crippen LogP contribution in [0.3, 0.4) is 0 Å². The zero-order valence-corrected chi connectivity index (χ0v) is 12.4. The van der Waals surface area contributed by atoms with Crippen molar-refractivity contribution in [3.63, 3.8) is 0 Å². The van der Waals surface area contributed by atoms with Crippen molar-refractivity contribution in [2.24, 2.45) is 0 Å². The highest BCUT2D eigenvalue weighted by Crippen LogP contribution is 2.30. The number of amides is 1. The maximum atomic E-state index is 13.5. The minimum absolute atomic E-state index is 0.171. The van der Waals surface area contributed by atoms with Crippen LogP contribution >= 0.6 is 11.6 Å². The number of halogens is 2. The summed E-state index contributed by atoms with van der Waals surface area (Å²) in [6.07, 6.45) is 2.46. The van der Waals surface area contributed by atoms with E-state index in [1.54, 1.807) is 4.90 Å². The van der Waals surface area contributed by atoms with Crippen molar-refractivity contribution in [3.8, 4) is 0 Å². The second-order valence-corrected chi connectivity index (χ2v) is 5.67. The van der Waals surface area contributed by atoms with Gasteiger partial charge in [-0.3, -0.25) is 9.78 Å². The number of carbonyl (C=O) groups is 1. The lowest BCUT2D eigenvalue weighted by molar-refractivity contribution is 0.0600. The molecule has 22 heavy (non-hydrogen) atoms. The third-order valence-corrected chi connectivity index (χ3v) is 3.93. The first-order valence-electron chi connectivity index (χ1n) is 6.96. The predicted molar refractivity (Wildman–Crippen MR) is 78.2 cm³/mol. The van der Waals surface area contributed by atoms with Crippen molar-refractivity contribution >= 4 is 17.5 Å². The van der Waals surface area contributed by atoms with E-state index in [1.165, 1.54) is 6.07 Å². The number of nitrogens with one attached hydrogen (secondary N) is 2. The molecule has 2 N–H and O–H groups in total. The normalized spacial score (nSPS) is 18.5. The van der Waals surface area contributed by atoms with Gasteiger partial charge >= 0.3 is 5.69 Å². The molecular weight excluding hydrogens is 311 g/mol.